The lowest BCUT2D eigenvalue weighted by molar-refractivity contribution is 0.0686. The third-order valence-electron chi connectivity index (χ3n) is 3.52. The van der Waals surface area contributed by atoms with Gasteiger partial charge in [-0.3, -0.25) is 14.3 Å². The second kappa shape index (κ2) is 6.04. The Hall–Kier alpha value is -1.89. The van der Waals surface area contributed by atoms with Gasteiger partial charge in [0.2, 0.25) is 0 Å². The van der Waals surface area contributed by atoms with Crippen LogP contribution in [0.5, 0.6) is 0 Å². The highest BCUT2D eigenvalue weighted by Gasteiger charge is 2.22. The summed E-state index contributed by atoms with van der Waals surface area (Å²) >= 11 is 0. The van der Waals surface area contributed by atoms with Gasteiger partial charge in [0.05, 0.1) is 5.56 Å². The predicted octanol–water partition coefficient (Wildman–Crippen LogP) is 0.241. The molecule has 110 valence electrons. The predicted molar refractivity (Wildman–Crippen MR) is 73.1 cm³/mol. The summed E-state index contributed by atoms with van der Waals surface area (Å²) in [7, 11) is 0. The molecule has 0 radical (unpaired) electrons. The number of aromatic nitrogens is 2. The summed E-state index contributed by atoms with van der Waals surface area (Å²) in [5, 5.41) is 9.17. The van der Waals surface area contributed by atoms with E-state index in [0.717, 1.165) is 30.5 Å². The van der Waals surface area contributed by atoms with Crippen molar-refractivity contribution in [2.24, 2.45) is 0 Å². The molecule has 1 aliphatic rings. The third-order valence-corrected chi connectivity index (χ3v) is 3.52. The maximum Gasteiger partial charge on any atom is 0.352 e. The molecule has 0 amide bonds. The number of hydrogen-bond donors (Lipinski definition) is 2. The maximum atomic E-state index is 12.3. The highest BCUT2D eigenvalue weighted by Crippen LogP contribution is 2.12. The van der Waals surface area contributed by atoms with Gasteiger partial charge in [-0.15, -0.1) is 0 Å². The molecule has 7 heteroatoms. The summed E-state index contributed by atoms with van der Waals surface area (Å²) in [6.07, 6.45) is 2.74. The number of carboxylic acid groups (broad SMARTS) is 1. The number of likely N-dealkylation sites (tertiary alicyclic amines) is 1. The fourth-order valence-corrected chi connectivity index (χ4v) is 2.53. The summed E-state index contributed by atoms with van der Waals surface area (Å²) in [5.74, 6) is -1.27. The average molecular weight is 281 g/mol. The SMILES string of the molecule is CCCn1c(=O)[nH]c(C(=O)O)c(CN2CCCC2)c1=O. The molecule has 7 nitrogen and oxygen atoms in total. The first-order valence-electron chi connectivity index (χ1n) is 6.86. The van der Waals surface area contributed by atoms with Gasteiger partial charge in [-0.2, -0.15) is 0 Å². The number of aromatic amines is 1. The summed E-state index contributed by atoms with van der Waals surface area (Å²) in [4.78, 5) is 39.7. The molecule has 0 spiro atoms. The standard InChI is InChI=1S/C13H19N3O4/c1-2-5-16-11(17)9(8-15-6-3-4-7-15)10(12(18)19)14-13(16)20/h2-8H2,1H3,(H,14,20)(H,18,19). The van der Waals surface area contributed by atoms with E-state index in [2.05, 4.69) is 4.98 Å². The number of H-pyrrole nitrogens is 1. The average Bonchev–Trinajstić information content (AvgIpc) is 2.90. The Morgan fingerprint density at radius 3 is 2.50 bits per heavy atom. The molecule has 0 bridgehead atoms. The smallest absolute Gasteiger partial charge is 0.352 e. The van der Waals surface area contributed by atoms with Gasteiger partial charge in [-0.1, -0.05) is 6.92 Å². The van der Waals surface area contributed by atoms with Crippen LogP contribution in [0.1, 0.15) is 42.2 Å². The van der Waals surface area contributed by atoms with Crippen LogP contribution in [0.25, 0.3) is 0 Å². The Kier molecular flexibility index (Phi) is 4.39. The fourth-order valence-electron chi connectivity index (χ4n) is 2.53. The monoisotopic (exact) mass is 281 g/mol. The molecule has 1 fully saturated rings. The number of aromatic carboxylic acids is 1. The van der Waals surface area contributed by atoms with Crippen molar-refractivity contribution < 1.29 is 9.90 Å². The molecule has 0 aromatic carbocycles. The zero-order chi connectivity index (χ0) is 14.7. The molecule has 20 heavy (non-hydrogen) atoms. The first-order valence-corrected chi connectivity index (χ1v) is 6.86. The van der Waals surface area contributed by atoms with Crippen LogP contribution in [0.3, 0.4) is 0 Å². The second-order valence-electron chi connectivity index (χ2n) is 5.03. The van der Waals surface area contributed by atoms with E-state index in [9.17, 15) is 19.5 Å². The van der Waals surface area contributed by atoms with E-state index in [4.69, 9.17) is 0 Å². The number of carboxylic acids is 1. The molecular weight excluding hydrogens is 262 g/mol. The molecule has 1 saturated heterocycles. The highest BCUT2D eigenvalue weighted by atomic mass is 16.4. The largest absolute Gasteiger partial charge is 0.477 e. The van der Waals surface area contributed by atoms with Crippen molar-refractivity contribution in [1.82, 2.24) is 14.5 Å². The number of rotatable bonds is 5. The van der Waals surface area contributed by atoms with Gasteiger partial charge in [0.25, 0.3) is 5.56 Å². The first kappa shape index (κ1) is 14.5. The van der Waals surface area contributed by atoms with Gasteiger partial charge in [-0.25, -0.2) is 9.59 Å². The number of hydrogen-bond acceptors (Lipinski definition) is 4. The van der Waals surface area contributed by atoms with E-state index in [1.807, 2.05) is 11.8 Å². The van der Waals surface area contributed by atoms with Crippen molar-refractivity contribution in [3.63, 3.8) is 0 Å². The Morgan fingerprint density at radius 2 is 1.95 bits per heavy atom. The van der Waals surface area contributed by atoms with Crippen LogP contribution < -0.4 is 11.2 Å². The Balaban J connectivity index is 2.49. The van der Waals surface area contributed by atoms with Crippen LogP contribution in [0.4, 0.5) is 0 Å². The molecule has 0 unspecified atom stereocenters. The number of carbonyl (C=O) groups is 1. The van der Waals surface area contributed by atoms with Crippen molar-refractivity contribution in [2.75, 3.05) is 13.1 Å². The van der Waals surface area contributed by atoms with Gasteiger partial charge in [0, 0.05) is 13.1 Å². The van der Waals surface area contributed by atoms with Gasteiger partial charge in [0.1, 0.15) is 5.69 Å². The van der Waals surface area contributed by atoms with Crippen molar-refractivity contribution in [2.45, 2.75) is 39.3 Å². The minimum absolute atomic E-state index is 0.174. The second-order valence-corrected chi connectivity index (χ2v) is 5.03. The van der Waals surface area contributed by atoms with Crippen LogP contribution >= 0.6 is 0 Å². The molecule has 1 aliphatic heterocycles. The summed E-state index contributed by atoms with van der Waals surface area (Å²) in [6.45, 7) is 4.13. The number of nitrogens with one attached hydrogen (secondary N) is 1. The molecule has 0 aliphatic carbocycles. The van der Waals surface area contributed by atoms with Gasteiger partial charge >= 0.3 is 11.7 Å². The Bertz CT molecular complexity index is 611. The lowest BCUT2D eigenvalue weighted by Gasteiger charge is -2.16. The van der Waals surface area contributed by atoms with Gasteiger partial charge in [-0.05, 0) is 32.4 Å². The summed E-state index contributed by atoms with van der Waals surface area (Å²) in [5.41, 5.74) is -1.24. The van der Waals surface area contributed by atoms with Crippen LogP contribution in [0.15, 0.2) is 9.59 Å². The number of nitrogens with zero attached hydrogens (tertiary/aromatic N) is 2. The minimum Gasteiger partial charge on any atom is -0.477 e. The molecule has 1 aromatic heterocycles. The van der Waals surface area contributed by atoms with Crippen LogP contribution in [0, 0.1) is 0 Å². The van der Waals surface area contributed by atoms with E-state index in [1.54, 1.807) is 0 Å². The lowest BCUT2D eigenvalue weighted by Crippen LogP contribution is -2.41. The lowest BCUT2D eigenvalue weighted by atomic mass is 10.2. The zero-order valence-corrected chi connectivity index (χ0v) is 11.5. The van der Waals surface area contributed by atoms with E-state index < -0.39 is 17.2 Å². The molecule has 2 heterocycles. The molecule has 0 atom stereocenters. The van der Waals surface area contributed by atoms with E-state index in [0.29, 0.717) is 13.0 Å². The van der Waals surface area contributed by atoms with Crippen molar-refractivity contribution >= 4 is 5.97 Å². The van der Waals surface area contributed by atoms with Crippen LogP contribution in [-0.2, 0) is 13.1 Å². The summed E-state index contributed by atoms with van der Waals surface area (Å²) in [6, 6.07) is 0. The van der Waals surface area contributed by atoms with Crippen LogP contribution in [-0.4, -0.2) is 38.6 Å². The first-order chi connectivity index (χ1) is 9.54. The molecule has 2 rings (SSSR count). The topological polar surface area (TPSA) is 95.4 Å². The van der Waals surface area contributed by atoms with E-state index in [-0.39, 0.29) is 17.8 Å². The van der Waals surface area contributed by atoms with Crippen molar-refractivity contribution in [3.05, 3.63) is 32.1 Å². The maximum absolute atomic E-state index is 12.3. The molecule has 0 saturated carbocycles. The zero-order valence-electron chi connectivity index (χ0n) is 11.5. The van der Waals surface area contributed by atoms with Crippen LogP contribution in [0.2, 0.25) is 0 Å². The van der Waals surface area contributed by atoms with Gasteiger partial charge < -0.3 is 10.1 Å². The summed E-state index contributed by atoms with van der Waals surface area (Å²) < 4.78 is 1.08. The Morgan fingerprint density at radius 1 is 1.30 bits per heavy atom. The third kappa shape index (κ3) is 2.82. The Labute approximate surface area is 115 Å². The molecular formula is C13H19N3O4. The normalized spacial score (nSPS) is 15.7. The quantitative estimate of drug-likeness (QED) is 0.806. The minimum atomic E-state index is -1.27. The molecule has 1 aromatic rings. The highest BCUT2D eigenvalue weighted by molar-refractivity contribution is 5.86. The van der Waals surface area contributed by atoms with E-state index >= 15 is 0 Å². The van der Waals surface area contributed by atoms with Crippen molar-refractivity contribution in [1.29, 1.82) is 0 Å². The van der Waals surface area contributed by atoms with Gasteiger partial charge in [0.15, 0.2) is 0 Å². The fraction of sp³-hybridized carbons (Fsp3) is 0.615. The van der Waals surface area contributed by atoms with E-state index in [1.165, 1.54) is 0 Å². The van der Waals surface area contributed by atoms with Crippen molar-refractivity contribution in [3.8, 4) is 0 Å². The molecule has 2 N–H and O–H groups in total.